The van der Waals surface area contributed by atoms with Crippen LogP contribution >= 0.6 is 0 Å². The van der Waals surface area contributed by atoms with E-state index in [1.54, 1.807) is 11.0 Å². The maximum atomic E-state index is 12.5. The maximum absolute atomic E-state index is 12.5. The predicted octanol–water partition coefficient (Wildman–Crippen LogP) is 3.99. The molecule has 0 radical (unpaired) electrons. The fraction of sp³-hybridized carbons (Fsp3) is 0.200. The molecule has 7 nitrogen and oxygen atoms in total. The van der Waals surface area contributed by atoms with E-state index < -0.39 is 5.97 Å². The van der Waals surface area contributed by atoms with Crippen LogP contribution in [0.5, 0.6) is 0 Å². The Morgan fingerprint density at radius 3 is 2.31 bits per heavy atom. The average Bonchev–Trinajstić information content (AvgIpc) is 2.84. The number of carbonyl (C=O) groups is 3. The average molecular weight is 431 g/mol. The fourth-order valence-corrected chi connectivity index (χ4v) is 3.39. The van der Waals surface area contributed by atoms with Crippen LogP contribution in [0.3, 0.4) is 0 Å². The molecule has 1 heterocycles. The van der Waals surface area contributed by atoms with Crippen molar-refractivity contribution in [1.29, 1.82) is 0 Å². The van der Waals surface area contributed by atoms with Crippen LogP contribution in [0.4, 0.5) is 5.82 Å². The summed E-state index contributed by atoms with van der Waals surface area (Å²) in [5, 5.41) is 2.73. The number of methoxy groups -OCH3 is 1. The summed E-state index contributed by atoms with van der Waals surface area (Å²) in [4.78, 5) is 41.8. The van der Waals surface area contributed by atoms with Crippen molar-refractivity contribution >= 4 is 24.1 Å². The van der Waals surface area contributed by atoms with Crippen molar-refractivity contribution in [2.75, 3.05) is 12.4 Å². The van der Waals surface area contributed by atoms with Gasteiger partial charge < -0.3 is 15.0 Å². The molecule has 1 atom stereocenters. The Bertz CT molecular complexity index is 1020. The zero-order valence-corrected chi connectivity index (χ0v) is 17.8. The van der Waals surface area contributed by atoms with Crippen LogP contribution in [0, 0.1) is 0 Å². The maximum Gasteiger partial charge on any atom is 0.339 e. The Morgan fingerprint density at radius 1 is 1.03 bits per heavy atom. The number of ether oxygens (including phenoxy) is 1. The summed E-state index contributed by atoms with van der Waals surface area (Å²) in [6.07, 6.45) is 2.82. The molecular formula is C25H25N3O4. The van der Waals surface area contributed by atoms with Crippen LogP contribution in [-0.4, -0.2) is 35.3 Å². The third-order valence-corrected chi connectivity index (χ3v) is 5.02. The molecule has 0 saturated heterocycles. The molecule has 0 spiro atoms. The van der Waals surface area contributed by atoms with Gasteiger partial charge in [-0.2, -0.15) is 0 Å². The van der Waals surface area contributed by atoms with E-state index in [9.17, 15) is 14.4 Å². The number of esters is 1. The number of rotatable bonds is 10. The van der Waals surface area contributed by atoms with Crippen molar-refractivity contribution in [3.63, 3.8) is 0 Å². The summed E-state index contributed by atoms with van der Waals surface area (Å²) in [5.41, 5.74) is 2.28. The summed E-state index contributed by atoms with van der Waals surface area (Å²) < 4.78 is 4.64. The van der Waals surface area contributed by atoms with Crippen molar-refractivity contribution in [3.05, 3.63) is 95.7 Å². The van der Waals surface area contributed by atoms with E-state index in [2.05, 4.69) is 15.0 Å². The SMILES string of the molecule is COC(=O)c1ccc(NC(=O)CCC(c2ccccc2)N(C=O)Cc2ccccc2)nc1. The van der Waals surface area contributed by atoms with Gasteiger partial charge in [0.05, 0.1) is 18.7 Å². The molecule has 0 aliphatic carbocycles. The zero-order valence-electron chi connectivity index (χ0n) is 17.8. The van der Waals surface area contributed by atoms with Gasteiger partial charge in [-0.3, -0.25) is 9.59 Å². The van der Waals surface area contributed by atoms with Gasteiger partial charge in [0, 0.05) is 19.2 Å². The summed E-state index contributed by atoms with van der Waals surface area (Å²) in [6, 6.07) is 22.2. The lowest BCUT2D eigenvalue weighted by atomic mass is 9.99. The number of carbonyl (C=O) groups excluding carboxylic acids is 3. The first-order valence-corrected chi connectivity index (χ1v) is 10.2. The molecule has 1 aromatic heterocycles. The molecule has 0 saturated carbocycles. The molecule has 32 heavy (non-hydrogen) atoms. The summed E-state index contributed by atoms with van der Waals surface area (Å²) in [7, 11) is 1.29. The third kappa shape index (κ3) is 6.25. The van der Waals surface area contributed by atoms with E-state index in [4.69, 9.17) is 0 Å². The molecule has 0 bridgehead atoms. The molecule has 0 aliphatic heterocycles. The topological polar surface area (TPSA) is 88.6 Å². The van der Waals surface area contributed by atoms with E-state index in [0.29, 0.717) is 24.3 Å². The van der Waals surface area contributed by atoms with Gasteiger partial charge in [-0.1, -0.05) is 60.7 Å². The normalized spacial score (nSPS) is 11.3. The molecule has 2 amide bonds. The number of nitrogens with one attached hydrogen (secondary N) is 1. The highest BCUT2D eigenvalue weighted by molar-refractivity contribution is 5.91. The minimum absolute atomic E-state index is 0.194. The Morgan fingerprint density at radius 2 is 1.72 bits per heavy atom. The fourth-order valence-electron chi connectivity index (χ4n) is 3.39. The van der Waals surface area contributed by atoms with Gasteiger partial charge in [-0.25, -0.2) is 9.78 Å². The van der Waals surface area contributed by atoms with Crippen LogP contribution in [-0.2, 0) is 20.9 Å². The second-order valence-corrected chi connectivity index (χ2v) is 7.20. The molecule has 2 aromatic carbocycles. The number of pyridine rings is 1. The van der Waals surface area contributed by atoms with Crippen molar-refractivity contribution in [3.8, 4) is 0 Å². The monoisotopic (exact) mass is 431 g/mol. The first kappa shape index (κ1) is 22.7. The number of aromatic nitrogens is 1. The Balaban J connectivity index is 1.67. The van der Waals surface area contributed by atoms with Gasteiger partial charge in [0.1, 0.15) is 5.82 Å². The number of nitrogens with zero attached hydrogens (tertiary/aromatic N) is 2. The molecule has 7 heteroatoms. The highest BCUT2D eigenvalue weighted by Crippen LogP contribution is 2.26. The van der Waals surface area contributed by atoms with Crippen LogP contribution in [0.2, 0.25) is 0 Å². The summed E-state index contributed by atoms with van der Waals surface area (Å²) in [6.45, 7) is 0.446. The molecule has 1 unspecified atom stereocenters. The number of benzene rings is 2. The predicted molar refractivity (Wildman–Crippen MR) is 121 cm³/mol. The largest absolute Gasteiger partial charge is 0.465 e. The van der Waals surface area contributed by atoms with E-state index in [1.807, 2.05) is 60.7 Å². The third-order valence-electron chi connectivity index (χ3n) is 5.02. The van der Waals surface area contributed by atoms with Crippen molar-refractivity contribution in [2.24, 2.45) is 0 Å². The smallest absolute Gasteiger partial charge is 0.339 e. The van der Waals surface area contributed by atoms with Crippen molar-refractivity contribution < 1.29 is 19.1 Å². The molecule has 1 N–H and O–H groups in total. The van der Waals surface area contributed by atoms with Gasteiger partial charge in [0.25, 0.3) is 0 Å². The first-order valence-electron chi connectivity index (χ1n) is 10.2. The lowest BCUT2D eigenvalue weighted by Crippen LogP contribution is -2.28. The second kappa shape index (κ2) is 11.4. The van der Waals surface area contributed by atoms with E-state index in [0.717, 1.165) is 17.5 Å². The number of amides is 2. The van der Waals surface area contributed by atoms with Gasteiger partial charge in [0.15, 0.2) is 0 Å². The van der Waals surface area contributed by atoms with Gasteiger partial charge in [-0.15, -0.1) is 0 Å². The number of hydrogen-bond donors (Lipinski definition) is 1. The van der Waals surface area contributed by atoms with Crippen molar-refractivity contribution in [1.82, 2.24) is 9.88 Å². The first-order chi connectivity index (χ1) is 15.6. The highest BCUT2D eigenvalue weighted by atomic mass is 16.5. The standard InChI is InChI=1S/C25H25N3O4/c1-32-25(31)21-12-14-23(26-16-21)27-24(30)15-13-22(20-10-6-3-7-11-20)28(18-29)17-19-8-4-2-5-9-19/h2-12,14,16,18,22H,13,15,17H2,1H3,(H,26,27,30). The van der Waals surface area contributed by atoms with Gasteiger partial charge in [0.2, 0.25) is 12.3 Å². The lowest BCUT2D eigenvalue weighted by Gasteiger charge is -2.29. The summed E-state index contributed by atoms with van der Waals surface area (Å²) in [5.74, 6) is -0.376. The van der Waals surface area contributed by atoms with Crippen LogP contribution in [0.25, 0.3) is 0 Å². The quantitative estimate of drug-likeness (QED) is 0.387. The zero-order chi connectivity index (χ0) is 22.8. The number of anilines is 1. The van der Waals surface area contributed by atoms with Gasteiger partial charge >= 0.3 is 5.97 Å². The Kier molecular flexibility index (Phi) is 8.09. The molecule has 0 fully saturated rings. The molecule has 0 aliphatic rings. The lowest BCUT2D eigenvalue weighted by molar-refractivity contribution is -0.122. The molecule has 3 aromatic rings. The molecular weight excluding hydrogens is 406 g/mol. The van der Waals surface area contributed by atoms with Crippen LogP contribution in [0.1, 0.15) is 40.4 Å². The Labute approximate surface area is 187 Å². The van der Waals surface area contributed by atoms with Crippen LogP contribution in [0.15, 0.2) is 79.0 Å². The van der Waals surface area contributed by atoms with Crippen molar-refractivity contribution in [2.45, 2.75) is 25.4 Å². The summed E-state index contributed by atoms with van der Waals surface area (Å²) >= 11 is 0. The van der Waals surface area contributed by atoms with Gasteiger partial charge in [-0.05, 0) is 29.7 Å². The van der Waals surface area contributed by atoms with E-state index in [-0.39, 0.29) is 18.4 Å². The van der Waals surface area contributed by atoms with Crippen LogP contribution < -0.4 is 5.32 Å². The van der Waals surface area contributed by atoms with E-state index in [1.165, 1.54) is 19.4 Å². The number of hydrogen-bond acceptors (Lipinski definition) is 5. The minimum Gasteiger partial charge on any atom is -0.465 e. The highest BCUT2D eigenvalue weighted by Gasteiger charge is 2.21. The molecule has 164 valence electrons. The minimum atomic E-state index is -0.492. The van der Waals surface area contributed by atoms with E-state index >= 15 is 0 Å². The molecule has 3 rings (SSSR count). The Hall–Kier alpha value is -4.00. The second-order valence-electron chi connectivity index (χ2n) is 7.20.